The Bertz CT molecular complexity index is 1160. The molecule has 7 heteroatoms. The predicted octanol–water partition coefficient (Wildman–Crippen LogP) is 5.95. The number of anilines is 1. The van der Waals surface area contributed by atoms with E-state index in [-0.39, 0.29) is 17.4 Å². The first kappa shape index (κ1) is 22.0. The van der Waals surface area contributed by atoms with Crippen molar-refractivity contribution in [1.82, 2.24) is 9.97 Å². The lowest BCUT2D eigenvalue weighted by atomic mass is 10.1. The van der Waals surface area contributed by atoms with Crippen molar-refractivity contribution >= 4 is 11.5 Å². The number of nitro groups is 1. The SMILES string of the molecule is CCc1ccc(Oc2ncnc(N(Cc3ccccc3)Cc3ccccc3)c2[N+](=O)[O-])cc1. The Hall–Kier alpha value is -4.26. The molecule has 0 spiro atoms. The fourth-order valence-electron chi connectivity index (χ4n) is 3.54. The van der Waals surface area contributed by atoms with Crippen molar-refractivity contribution in [2.75, 3.05) is 4.90 Å². The summed E-state index contributed by atoms with van der Waals surface area (Å²) in [6.45, 7) is 2.95. The van der Waals surface area contributed by atoms with Gasteiger partial charge in [-0.05, 0) is 35.2 Å². The number of aryl methyl sites for hydroxylation is 1. The lowest BCUT2D eigenvalue weighted by molar-refractivity contribution is -0.385. The van der Waals surface area contributed by atoms with Crippen molar-refractivity contribution < 1.29 is 9.66 Å². The number of benzene rings is 3. The molecule has 0 aliphatic heterocycles. The lowest BCUT2D eigenvalue weighted by Gasteiger charge is -2.24. The molecule has 0 fully saturated rings. The van der Waals surface area contributed by atoms with Crippen LogP contribution in [0.5, 0.6) is 11.6 Å². The molecule has 0 aliphatic carbocycles. The van der Waals surface area contributed by atoms with E-state index in [1.807, 2.05) is 77.7 Å². The smallest absolute Gasteiger partial charge is 0.373 e. The largest absolute Gasteiger partial charge is 0.434 e. The first-order valence-electron chi connectivity index (χ1n) is 10.7. The molecule has 4 rings (SSSR count). The molecule has 0 unspecified atom stereocenters. The van der Waals surface area contributed by atoms with Crippen LogP contribution in [-0.4, -0.2) is 14.9 Å². The van der Waals surface area contributed by atoms with Gasteiger partial charge < -0.3 is 9.64 Å². The van der Waals surface area contributed by atoms with Crippen molar-refractivity contribution in [1.29, 1.82) is 0 Å². The molecule has 0 bridgehead atoms. The van der Waals surface area contributed by atoms with Gasteiger partial charge in [0.2, 0.25) is 5.82 Å². The van der Waals surface area contributed by atoms with Crippen LogP contribution in [-0.2, 0) is 19.5 Å². The number of aromatic nitrogens is 2. The first-order chi connectivity index (χ1) is 16.1. The average Bonchev–Trinajstić information content (AvgIpc) is 2.85. The quantitative estimate of drug-likeness (QED) is 0.236. The third kappa shape index (κ3) is 5.51. The van der Waals surface area contributed by atoms with Gasteiger partial charge in [-0.2, -0.15) is 4.98 Å². The van der Waals surface area contributed by atoms with Gasteiger partial charge >= 0.3 is 11.6 Å². The van der Waals surface area contributed by atoms with E-state index in [0.717, 1.165) is 23.1 Å². The zero-order chi connectivity index (χ0) is 23.0. The number of ether oxygens (including phenoxy) is 1. The van der Waals surface area contributed by atoms with E-state index >= 15 is 0 Å². The first-order valence-corrected chi connectivity index (χ1v) is 10.7. The molecule has 33 heavy (non-hydrogen) atoms. The van der Waals surface area contributed by atoms with Crippen LogP contribution in [0.25, 0.3) is 0 Å². The second-order valence-corrected chi connectivity index (χ2v) is 7.53. The summed E-state index contributed by atoms with van der Waals surface area (Å²) in [6, 6.07) is 27.0. The van der Waals surface area contributed by atoms with Crippen LogP contribution in [0.1, 0.15) is 23.6 Å². The third-order valence-electron chi connectivity index (χ3n) is 5.23. The minimum atomic E-state index is -0.478. The Balaban J connectivity index is 1.73. The van der Waals surface area contributed by atoms with Crippen molar-refractivity contribution in [2.45, 2.75) is 26.4 Å². The molecular formula is C26H24N4O3. The zero-order valence-electron chi connectivity index (χ0n) is 18.3. The van der Waals surface area contributed by atoms with Crippen LogP contribution in [0.2, 0.25) is 0 Å². The summed E-state index contributed by atoms with van der Waals surface area (Å²) in [6.07, 6.45) is 2.20. The summed E-state index contributed by atoms with van der Waals surface area (Å²) in [5, 5.41) is 12.2. The van der Waals surface area contributed by atoms with E-state index in [4.69, 9.17) is 4.74 Å². The summed E-state index contributed by atoms with van der Waals surface area (Å²) in [5.41, 5.74) is 2.92. The summed E-state index contributed by atoms with van der Waals surface area (Å²) in [5.74, 6) is 0.612. The third-order valence-corrected chi connectivity index (χ3v) is 5.23. The molecule has 1 heterocycles. The maximum absolute atomic E-state index is 12.2. The van der Waals surface area contributed by atoms with Crippen molar-refractivity contribution in [3.05, 3.63) is 118 Å². The maximum atomic E-state index is 12.2. The van der Waals surface area contributed by atoms with Crippen molar-refractivity contribution in [2.24, 2.45) is 0 Å². The molecule has 0 aliphatic rings. The van der Waals surface area contributed by atoms with Gasteiger partial charge in [0, 0.05) is 13.1 Å². The molecule has 0 saturated carbocycles. The molecule has 3 aromatic carbocycles. The van der Waals surface area contributed by atoms with Crippen LogP contribution in [0.15, 0.2) is 91.3 Å². The Morgan fingerprint density at radius 2 is 1.39 bits per heavy atom. The van der Waals surface area contributed by atoms with Gasteiger partial charge in [0.25, 0.3) is 0 Å². The second kappa shape index (κ2) is 10.4. The van der Waals surface area contributed by atoms with E-state index < -0.39 is 4.92 Å². The van der Waals surface area contributed by atoms with Crippen LogP contribution in [0.3, 0.4) is 0 Å². The Labute approximate surface area is 192 Å². The summed E-state index contributed by atoms with van der Waals surface area (Å²) < 4.78 is 5.84. The van der Waals surface area contributed by atoms with Gasteiger partial charge in [0.05, 0.1) is 4.92 Å². The van der Waals surface area contributed by atoms with E-state index in [0.29, 0.717) is 18.8 Å². The van der Waals surface area contributed by atoms with Crippen molar-refractivity contribution in [3.63, 3.8) is 0 Å². The van der Waals surface area contributed by atoms with Gasteiger partial charge in [-0.1, -0.05) is 79.7 Å². The summed E-state index contributed by atoms with van der Waals surface area (Å²) in [4.78, 5) is 22.0. The molecule has 0 radical (unpaired) electrons. The Kier molecular flexibility index (Phi) is 6.90. The Morgan fingerprint density at radius 3 is 1.91 bits per heavy atom. The average molecular weight is 441 g/mol. The summed E-state index contributed by atoms with van der Waals surface area (Å²) in [7, 11) is 0. The fourth-order valence-corrected chi connectivity index (χ4v) is 3.54. The van der Waals surface area contributed by atoms with E-state index in [1.54, 1.807) is 12.1 Å². The fraction of sp³-hybridized carbons (Fsp3) is 0.154. The molecule has 0 saturated heterocycles. The number of nitrogens with zero attached hydrogens (tertiary/aromatic N) is 4. The molecule has 0 amide bonds. The van der Waals surface area contributed by atoms with Gasteiger partial charge in [-0.25, -0.2) is 4.98 Å². The van der Waals surface area contributed by atoms with E-state index in [2.05, 4.69) is 16.9 Å². The van der Waals surface area contributed by atoms with Gasteiger partial charge in [0.15, 0.2) is 0 Å². The highest BCUT2D eigenvalue weighted by molar-refractivity contribution is 5.63. The van der Waals surface area contributed by atoms with Crippen molar-refractivity contribution in [3.8, 4) is 11.6 Å². The number of rotatable bonds is 9. The predicted molar refractivity (Wildman–Crippen MR) is 127 cm³/mol. The second-order valence-electron chi connectivity index (χ2n) is 7.53. The minimum Gasteiger partial charge on any atom is -0.434 e. The molecule has 166 valence electrons. The highest BCUT2D eigenvalue weighted by Crippen LogP contribution is 2.37. The maximum Gasteiger partial charge on any atom is 0.373 e. The molecule has 0 atom stereocenters. The van der Waals surface area contributed by atoms with E-state index in [1.165, 1.54) is 6.33 Å². The molecule has 4 aromatic rings. The van der Waals surface area contributed by atoms with E-state index in [9.17, 15) is 10.1 Å². The molecule has 0 N–H and O–H groups in total. The minimum absolute atomic E-state index is 0.0830. The monoisotopic (exact) mass is 440 g/mol. The number of hydrogen-bond acceptors (Lipinski definition) is 6. The standard InChI is InChI=1S/C26H24N4O3/c1-2-20-13-15-23(16-14-20)33-26-24(30(31)32)25(27-19-28-26)29(17-21-9-5-3-6-10-21)18-22-11-7-4-8-12-22/h3-16,19H,2,17-18H2,1H3. The van der Waals surface area contributed by atoms with Crippen LogP contribution in [0.4, 0.5) is 11.5 Å². The van der Waals surface area contributed by atoms with Crippen LogP contribution >= 0.6 is 0 Å². The highest BCUT2D eigenvalue weighted by atomic mass is 16.6. The normalized spacial score (nSPS) is 10.6. The molecule has 1 aromatic heterocycles. The van der Waals surface area contributed by atoms with Crippen LogP contribution in [0, 0.1) is 10.1 Å². The topological polar surface area (TPSA) is 81.4 Å². The zero-order valence-corrected chi connectivity index (χ0v) is 18.3. The van der Waals surface area contributed by atoms with Gasteiger partial charge in [-0.15, -0.1) is 0 Å². The molecular weight excluding hydrogens is 416 g/mol. The van der Waals surface area contributed by atoms with Gasteiger partial charge in [0.1, 0.15) is 12.1 Å². The number of hydrogen-bond donors (Lipinski definition) is 0. The lowest BCUT2D eigenvalue weighted by Crippen LogP contribution is -2.24. The summed E-state index contributed by atoms with van der Waals surface area (Å²) >= 11 is 0. The van der Waals surface area contributed by atoms with Crippen LogP contribution < -0.4 is 9.64 Å². The van der Waals surface area contributed by atoms with Gasteiger partial charge in [-0.3, -0.25) is 10.1 Å². The molecule has 7 nitrogen and oxygen atoms in total. The highest BCUT2D eigenvalue weighted by Gasteiger charge is 2.29. The Morgan fingerprint density at radius 1 is 0.818 bits per heavy atom.